The summed E-state index contributed by atoms with van der Waals surface area (Å²) in [5, 5.41) is 8.67. The van der Waals surface area contributed by atoms with Crippen LogP contribution >= 0.6 is 0 Å². The number of aliphatic hydroxyl groups is 1. The van der Waals surface area contributed by atoms with Gasteiger partial charge in [0.2, 0.25) is 0 Å². The molecule has 0 radical (unpaired) electrons. The number of rotatable bonds is 6. The second-order valence-corrected chi connectivity index (χ2v) is 5.15. The molecule has 0 amide bonds. The molecule has 1 aromatic carbocycles. The summed E-state index contributed by atoms with van der Waals surface area (Å²) in [4.78, 5) is 2.29. The van der Waals surface area contributed by atoms with Gasteiger partial charge >= 0.3 is 0 Å². The van der Waals surface area contributed by atoms with Gasteiger partial charge < -0.3 is 14.6 Å². The van der Waals surface area contributed by atoms with Crippen LogP contribution in [0.15, 0.2) is 24.3 Å². The lowest BCUT2D eigenvalue weighted by Crippen LogP contribution is -2.35. The Morgan fingerprint density at radius 1 is 1.38 bits per heavy atom. The van der Waals surface area contributed by atoms with Crippen LogP contribution in [0.5, 0.6) is 5.75 Å². The van der Waals surface area contributed by atoms with E-state index in [2.05, 4.69) is 23.8 Å². The minimum absolute atomic E-state index is 0.105. The van der Waals surface area contributed by atoms with E-state index in [1.54, 1.807) is 0 Å². The molecule has 1 N–H and O–H groups in total. The van der Waals surface area contributed by atoms with Gasteiger partial charge in [-0.1, -0.05) is 11.8 Å². The summed E-state index contributed by atoms with van der Waals surface area (Å²) >= 11 is 0. The zero-order chi connectivity index (χ0) is 14.9. The van der Waals surface area contributed by atoms with Gasteiger partial charge in [0.1, 0.15) is 12.4 Å². The summed E-state index contributed by atoms with van der Waals surface area (Å²) < 4.78 is 11.1. The van der Waals surface area contributed by atoms with E-state index in [0.717, 1.165) is 37.5 Å². The maximum atomic E-state index is 8.67. The maximum Gasteiger partial charge on any atom is 0.119 e. The Kier molecular flexibility index (Phi) is 6.55. The molecule has 4 heteroatoms. The SMILES string of the molecule is CN(CCOc1ccc(C#CCCO)cc1)C1CCOC1. The third-order valence-electron chi connectivity index (χ3n) is 3.57. The van der Waals surface area contributed by atoms with Gasteiger partial charge in [-0.25, -0.2) is 0 Å². The number of likely N-dealkylation sites (N-methyl/N-ethyl adjacent to an activating group) is 1. The van der Waals surface area contributed by atoms with Crippen LogP contribution in [0.2, 0.25) is 0 Å². The molecule has 1 aromatic rings. The van der Waals surface area contributed by atoms with Crippen LogP contribution < -0.4 is 4.74 Å². The van der Waals surface area contributed by atoms with Gasteiger partial charge in [0.25, 0.3) is 0 Å². The Hall–Kier alpha value is -1.54. The lowest BCUT2D eigenvalue weighted by molar-refractivity contribution is 0.147. The van der Waals surface area contributed by atoms with Crippen molar-refractivity contribution in [1.29, 1.82) is 0 Å². The first-order valence-electron chi connectivity index (χ1n) is 7.40. The number of hydrogen-bond donors (Lipinski definition) is 1. The second kappa shape index (κ2) is 8.68. The lowest BCUT2D eigenvalue weighted by atomic mass is 10.2. The average molecular weight is 289 g/mol. The highest BCUT2D eigenvalue weighted by molar-refractivity contribution is 5.38. The normalized spacial score (nSPS) is 17.6. The third-order valence-corrected chi connectivity index (χ3v) is 3.57. The molecule has 0 aliphatic carbocycles. The van der Waals surface area contributed by atoms with Gasteiger partial charge in [-0.3, -0.25) is 4.90 Å². The molecule has 1 fully saturated rings. The van der Waals surface area contributed by atoms with Gasteiger partial charge in [0.05, 0.1) is 13.2 Å². The summed E-state index contributed by atoms with van der Waals surface area (Å²) in [6.07, 6.45) is 1.62. The van der Waals surface area contributed by atoms with Gasteiger partial charge in [-0.15, -0.1) is 0 Å². The van der Waals surface area contributed by atoms with Crippen LogP contribution in [0.25, 0.3) is 0 Å². The van der Waals surface area contributed by atoms with Crippen molar-refractivity contribution in [2.75, 3.05) is 40.0 Å². The number of hydrogen-bond acceptors (Lipinski definition) is 4. The van der Waals surface area contributed by atoms with Crippen LogP contribution in [0.3, 0.4) is 0 Å². The van der Waals surface area contributed by atoms with E-state index in [1.807, 2.05) is 24.3 Å². The topological polar surface area (TPSA) is 41.9 Å². The first kappa shape index (κ1) is 15.8. The van der Waals surface area contributed by atoms with Gasteiger partial charge in [0, 0.05) is 31.2 Å². The van der Waals surface area contributed by atoms with Gasteiger partial charge in [0.15, 0.2) is 0 Å². The van der Waals surface area contributed by atoms with Crippen molar-refractivity contribution in [3.05, 3.63) is 29.8 Å². The fourth-order valence-corrected chi connectivity index (χ4v) is 2.21. The van der Waals surface area contributed by atoms with Crippen molar-refractivity contribution in [1.82, 2.24) is 4.90 Å². The predicted molar refractivity (Wildman–Crippen MR) is 82.4 cm³/mol. The smallest absolute Gasteiger partial charge is 0.119 e. The van der Waals surface area contributed by atoms with Crippen molar-refractivity contribution in [3.8, 4) is 17.6 Å². The highest BCUT2D eigenvalue weighted by atomic mass is 16.5. The van der Waals surface area contributed by atoms with Crippen LogP contribution in [-0.4, -0.2) is 56.1 Å². The molecule has 1 aliphatic heterocycles. The van der Waals surface area contributed by atoms with Gasteiger partial charge in [-0.2, -0.15) is 0 Å². The van der Waals surface area contributed by atoms with Crippen LogP contribution in [-0.2, 0) is 4.74 Å². The lowest BCUT2D eigenvalue weighted by Gasteiger charge is -2.22. The monoisotopic (exact) mass is 289 g/mol. The fourth-order valence-electron chi connectivity index (χ4n) is 2.21. The molecule has 21 heavy (non-hydrogen) atoms. The Labute approximate surface area is 126 Å². The van der Waals surface area contributed by atoms with Crippen LogP contribution in [0.4, 0.5) is 0 Å². The third kappa shape index (κ3) is 5.39. The number of benzene rings is 1. The molecular formula is C17H23NO3. The number of nitrogens with zero attached hydrogens (tertiary/aromatic N) is 1. The number of aliphatic hydroxyl groups excluding tert-OH is 1. The van der Waals surface area contributed by atoms with E-state index >= 15 is 0 Å². The van der Waals surface area contributed by atoms with E-state index < -0.39 is 0 Å². The molecule has 1 unspecified atom stereocenters. The largest absolute Gasteiger partial charge is 0.492 e. The molecule has 1 aliphatic rings. The van der Waals surface area contributed by atoms with Crippen LogP contribution in [0, 0.1) is 11.8 Å². The van der Waals surface area contributed by atoms with Crippen molar-refractivity contribution in [2.45, 2.75) is 18.9 Å². The van der Waals surface area contributed by atoms with E-state index in [0.29, 0.717) is 19.1 Å². The minimum atomic E-state index is 0.105. The second-order valence-electron chi connectivity index (χ2n) is 5.15. The van der Waals surface area contributed by atoms with Crippen molar-refractivity contribution in [2.24, 2.45) is 0 Å². The first-order chi connectivity index (χ1) is 10.3. The highest BCUT2D eigenvalue weighted by Crippen LogP contribution is 2.13. The Morgan fingerprint density at radius 3 is 2.86 bits per heavy atom. The fraction of sp³-hybridized carbons (Fsp3) is 0.529. The van der Waals surface area contributed by atoms with E-state index in [4.69, 9.17) is 14.6 Å². The maximum absolute atomic E-state index is 8.67. The van der Waals surface area contributed by atoms with Crippen LogP contribution in [0.1, 0.15) is 18.4 Å². The highest BCUT2D eigenvalue weighted by Gasteiger charge is 2.19. The van der Waals surface area contributed by atoms with E-state index in [9.17, 15) is 0 Å². The Bertz CT molecular complexity index is 469. The summed E-state index contributed by atoms with van der Waals surface area (Å²) in [7, 11) is 2.11. The molecule has 0 bridgehead atoms. The Balaban J connectivity index is 1.72. The van der Waals surface area contributed by atoms with Gasteiger partial charge in [-0.05, 0) is 37.7 Å². The Morgan fingerprint density at radius 2 is 2.19 bits per heavy atom. The summed E-state index contributed by atoms with van der Waals surface area (Å²) in [6.45, 7) is 3.37. The first-order valence-corrected chi connectivity index (χ1v) is 7.40. The van der Waals surface area contributed by atoms with Crippen molar-refractivity contribution < 1.29 is 14.6 Å². The quantitative estimate of drug-likeness (QED) is 0.806. The number of ether oxygens (including phenoxy) is 2. The molecule has 1 saturated heterocycles. The molecule has 0 saturated carbocycles. The molecular weight excluding hydrogens is 266 g/mol. The summed E-state index contributed by atoms with van der Waals surface area (Å²) in [5.74, 6) is 6.76. The molecule has 0 spiro atoms. The summed E-state index contributed by atoms with van der Waals surface area (Å²) in [6, 6.07) is 8.27. The predicted octanol–water partition coefficient (Wildman–Crippen LogP) is 1.52. The molecule has 1 atom stereocenters. The molecule has 0 aromatic heterocycles. The van der Waals surface area contributed by atoms with Crippen molar-refractivity contribution >= 4 is 0 Å². The van der Waals surface area contributed by atoms with E-state index in [1.165, 1.54) is 0 Å². The average Bonchev–Trinajstić information content (AvgIpc) is 3.03. The molecule has 2 rings (SSSR count). The molecule has 1 heterocycles. The zero-order valence-electron chi connectivity index (χ0n) is 12.5. The summed E-state index contributed by atoms with van der Waals surface area (Å²) in [5.41, 5.74) is 0.941. The van der Waals surface area contributed by atoms with E-state index in [-0.39, 0.29) is 6.61 Å². The van der Waals surface area contributed by atoms with Crippen molar-refractivity contribution in [3.63, 3.8) is 0 Å². The molecule has 114 valence electrons. The standard InChI is InChI=1S/C17H23NO3/c1-18(16-9-12-20-14-16)10-13-21-17-7-5-15(6-8-17)4-2-3-11-19/h5-8,16,19H,3,9-14H2,1H3. The zero-order valence-corrected chi connectivity index (χ0v) is 12.5. The molecule has 4 nitrogen and oxygen atoms in total. The minimum Gasteiger partial charge on any atom is -0.492 e.